The van der Waals surface area contributed by atoms with E-state index < -0.39 is 0 Å². The summed E-state index contributed by atoms with van der Waals surface area (Å²) in [7, 11) is 0. The van der Waals surface area contributed by atoms with E-state index in [4.69, 9.17) is 0 Å². The monoisotopic (exact) mass is 279 g/mol. The summed E-state index contributed by atoms with van der Waals surface area (Å²) in [6, 6.07) is 0. The van der Waals surface area contributed by atoms with Gasteiger partial charge in [0, 0.05) is 22.2 Å². The van der Waals surface area contributed by atoms with E-state index in [1.54, 1.807) is 11.8 Å². The zero-order chi connectivity index (χ0) is 12.3. The van der Waals surface area contributed by atoms with Gasteiger partial charge in [-0.1, -0.05) is 13.8 Å². The van der Waals surface area contributed by atoms with Crippen molar-refractivity contribution in [1.29, 1.82) is 0 Å². The summed E-state index contributed by atoms with van der Waals surface area (Å²) in [5, 5.41) is 2.61. The predicted molar refractivity (Wildman–Crippen MR) is 74.4 cm³/mol. The fourth-order valence-electron chi connectivity index (χ4n) is 1.58. The van der Waals surface area contributed by atoms with Crippen LogP contribution in [-0.4, -0.2) is 32.8 Å². The van der Waals surface area contributed by atoms with Crippen LogP contribution in [0.3, 0.4) is 0 Å². The molecule has 4 unspecified atom stereocenters. The third-order valence-electron chi connectivity index (χ3n) is 2.54. The van der Waals surface area contributed by atoms with Gasteiger partial charge in [-0.3, -0.25) is 14.9 Å². The molecule has 0 saturated carbocycles. The van der Waals surface area contributed by atoms with E-state index in [9.17, 15) is 9.59 Å². The van der Waals surface area contributed by atoms with E-state index in [1.807, 2.05) is 6.92 Å². The molecule has 0 radical (unpaired) electrons. The van der Waals surface area contributed by atoms with E-state index in [0.717, 1.165) is 6.42 Å². The van der Waals surface area contributed by atoms with Crippen molar-refractivity contribution in [2.75, 3.05) is 0 Å². The fraction of sp³-hybridized carbons (Fsp3) is 0.800. The molecule has 1 N–H and O–H groups in total. The molecule has 0 aromatic heterocycles. The number of nitrogens with one attached hydrogen (secondary N) is 1. The summed E-state index contributed by atoms with van der Waals surface area (Å²) < 4.78 is 0. The Morgan fingerprint density at radius 3 is 2.50 bits per heavy atom. The van der Waals surface area contributed by atoms with Crippen LogP contribution in [0.2, 0.25) is 0 Å². The number of hydrogen-bond acceptors (Lipinski definition) is 5. The largest absolute Gasteiger partial charge is 0.295 e. The van der Waals surface area contributed by atoms with Crippen molar-refractivity contribution in [2.45, 2.75) is 47.7 Å². The molecule has 3 nitrogen and oxygen atoms in total. The second kappa shape index (κ2) is 6.21. The van der Waals surface area contributed by atoms with Crippen LogP contribution in [0.4, 0.5) is 0 Å². The highest BCUT2D eigenvalue weighted by molar-refractivity contribution is 8.02. The Labute approximate surface area is 111 Å². The van der Waals surface area contributed by atoms with E-state index in [1.165, 1.54) is 0 Å². The van der Waals surface area contributed by atoms with Gasteiger partial charge in [0.05, 0.1) is 5.25 Å². The zero-order valence-electron chi connectivity index (χ0n) is 9.34. The third kappa shape index (κ3) is 3.60. The number of hydrogen-bond donors (Lipinski definition) is 3. The van der Waals surface area contributed by atoms with Crippen molar-refractivity contribution in [2.24, 2.45) is 0 Å². The smallest absolute Gasteiger partial charge is 0.240 e. The van der Waals surface area contributed by atoms with Gasteiger partial charge in [-0.2, -0.15) is 25.3 Å². The van der Waals surface area contributed by atoms with E-state index in [0.29, 0.717) is 6.42 Å². The highest BCUT2D eigenvalue weighted by Crippen LogP contribution is 2.32. The Morgan fingerprint density at radius 1 is 1.50 bits per heavy atom. The summed E-state index contributed by atoms with van der Waals surface area (Å²) in [6.45, 7) is 4.05. The molecule has 0 spiro atoms. The van der Waals surface area contributed by atoms with Crippen molar-refractivity contribution >= 4 is 48.8 Å². The molecule has 0 aromatic rings. The first kappa shape index (κ1) is 14.3. The lowest BCUT2D eigenvalue weighted by Crippen LogP contribution is -2.30. The fourth-order valence-corrected chi connectivity index (χ4v) is 3.77. The van der Waals surface area contributed by atoms with Crippen LogP contribution in [0.5, 0.6) is 0 Å². The molecular weight excluding hydrogens is 262 g/mol. The van der Waals surface area contributed by atoms with Crippen molar-refractivity contribution < 1.29 is 9.59 Å². The van der Waals surface area contributed by atoms with Gasteiger partial charge < -0.3 is 0 Å². The molecule has 16 heavy (non-hydrogen) atoms. The highest BCUT2D eigenvalue weighted by Gasteiger charge is 2.34. The van der Waals surface area contributed by atoms with E-state index >= 15 is 0 Å². The Morgan fingerprint density at radius 2 is 2.12 bits per heavy atom. The molecule has 92 valence electrons. The number of carbonyl (C=O) groups excluding carboxylic acids is 2. The van der Waals surface area contributed by atoms with Crippen LogP contribution in [0, 0.1) is 0 Å². The first-order valence-electron chi connectivity index (χ1n) is 5.31. The molecule has 2 amide bonds. The van der Waals surface area contributed by atoms with Crippen molar-refractivity contribution in [1.82, 2.24) is 5.32 Å². The van der Waals surface area contributed by atoms with Crippen LogP contribution in [0.1, 0.15) is 26.7 Å². The van der Waals surface area contributed by atoms with Gasteiger partial charge in [0.15, 0.2) is 0 Å². The maximum absolute atomic E-state index is 11.4. The average Bonchev–Trinajstić information content (AvgIpc) is 2.52. The standard InChI is InChI=1S/C10H17NO2S3/c1-3-6(9(15)5(2)14)16-7-4-8(12)11-10(7)13/h5-7,9,14-15H,3-4H2,1-2H3,(H,11,12,13). The van der Waals surface area contributed by atoms with Crippen LogP contribution >= 0.6 is 37.0 Å². The molecule has 1 fully saturated rings. The number of rotatable bonds is 5. The Hall–Kier alpha value is 0.190. The zero-order valence-corrected chi connectivity index (χ0v) is 11.9. The van der Waals surface area contributed by atoms with Gasteiger partial charge in [0.1, 0.15) is 0 Å². The van der Waals surface area contributed by atoms with Crippen molar-refractivity contribution in [3.05, 3.63) is 0 Å². The second-order valence-corrected chi connectivity index (χ2v) is 6.78. The Balaban J connectivity index is 2.57. The minimum Gasteiger partial charge on any atom is -0.295 e. The van der Waals surface area contributed by atoms with Gasteiger partial charge in [-0.25, -0.2) is 0 Å². The maximum atomic E-state index is 11.4. The summed E-state index contributed by atoms with van der Waals surface area (Å²) in [5.74, 6) is -0.340. The van der Waals surface area contributed by atoms with Crippen LogP contribution in [-0.2, 0) is 9.59 Å². The Kier molecular flexibility index (Phi) is 5.53. The normalized spacial score (nSPS) is 26.4. The number of imide groups is 1. The number of thioether (sulfide) groups is 1. The number of amides is 2. The topological polar surface area (TPSA) is 46.2 Å². The van der Waals surface area contributed by atoms with Crippen molar-refractivity contribution in [3.8, 4) is 0 Å². The van der Waals surface area contributed by atoms with Gasteiger partial charge in [0.25, 0.3) is 0 Å². The third-order valence-corrected chi connectivity index (χ3v) is 5.79. The molecular formula is C10H17NO2S3. The highest BCUT2D eigenvalue weighted by atomic mass is 32.2. The number of carbonyl (C=O) groups is 2. The van der Waals surface area contributed by atoms with Crippen LogP contribution in [0.15, 0.2) is 0 Å². The summed E-state index contributed by atoms with van der Waals surface area (Å²) in [6.07, 6.45) is 1.21. The molecule has 0 bridgehead atoms. The summed E-state index contributed by atoms with van der Waals surface area (Å²) >= 11 is 10.4. The van der Waals surface area contributed by atoms with Crippen molar-refractivity contribution in [3.63, 3.8) is 0 Å². The molecule has 6 heteroatoms. The minimum atomic E-state index is -0.251. The van der Waals surface area contributed by atoms with Gasteiger partial charge in [-0.15, -0.1) is 11.8 Å². The molecule has 0 aromatic carbocycles. The average molecular weight is 279 g/mol. The first-order chi connectivity index (χ1) is 7.45. The minimum absolute atomic E-state index is 0.127. The molecule has 0 aliphatic carbocycles. The van der Waals surface area contributed by atoms with Gasteiger partial charge >= 0.3 is 0 Å². The van der Waals surface area contributed by atoms with Crippen LogP contribution in [0.25, 0.3) is 0 Å². The SMILES string of the molecule is CCC(SC1CC(=O)NC1=O)C(S)C(C)S. The Bertz CT molecular complexity index is 283. The molecule has 1 aliphatic heterocycles. The van der Waals surface area contributed by atoms with Gasteiger partial charge in [-0.05, 0) is 6.42 Å². The lowest BCUT2D eigenvalue weighted by Gasteiger charge is -2.25. The van der Waals surface area contributed by atoms with E-state index in [-0.39, 0.29) is 32.8 Å². The molecule has 1 saturated heterocycles. The summed E-state index contributed by atoms with van der Waals surface area (Å²) in [4.78, 5) is 22.5. The molecule has 1 heterocycles. The molecule has 4 atom stereocenters. The van der Waals surface area contributed by atoms with Gasteiger partial charge in [0.2, 0.25) is 11.8 Å². The quantitative estimate of drug-likeness (QED) is 0.528. The van der Waals surface area contributed by atoms with E-state index in [2.05, 4.69) is 37.5 Å². The maximum Gasteiger partial charge on any atom is 0.240 e. The predicted octanol–water partition coefficient (Wildman–Crippen LogP) is 1.53. The molecule has 1 aliphatic rings. The molecule has 1 rings (SSSR count). The lowest BCUT2D eigenvalue weighted by molar-refractivity contribution is -0.124. The first-order valence-corrected chi connectivity index (χ1v) is 7.28. The second-order valence-electron chi connectivity index (χ2n) is 3.92. The lowest BCUT2D eigenvalue weighted by atomic mass is 10.2. The summed E-state index contributed by atoms with van der Waals surface area (Å²) in [5.41, 5.74) is 0. The number of thiol groups is 2. The van der Waals surface area contributed by atoms with Crippen LogP contribution < -0.4 is 5.32 Å².